The van der Waals surface area contributed by atoms with Crippen molar-refractivity contribution in [2.75, 3.05) is 10.6 Å². The van der Waals surface area contributed by atoms with Gasteiger partial charge in [-0.15, -0.1) is 5.10 Å². The number of nitrogens with zero attached hydrogens (tertiary/aromatic N) is 3. The molecule has 1 aromatic heterocycles. The van der Waals surface area contributed by atoms with E-state index in [-0.39, 0.29) is 17.5 Å². The average molecular weight is 335 g/mol. The first kappa shape index (κ1) is 16.4. The maximum absolute atomic E-state index is 12.3. The lowest BCUT2D eigenvalue weighted by molar-refractivity contribution is -0.114. The first-order valence-corrected chi connectivity index (χ1v) is 7.73. The van der Waals surface area contributed by atoms with E-state index >= 15 is 0 Å². The van der Waals surface area contributed by atoms with E-state index in [0.29, 0.717) is 17.9 Å². The molecule has 0 atom stereocenters. The molecule has 2 aromatic carbocycles. The molecule has 0 bridgehead atoms. The molecule has 25 heavy (non-hydrogen) atoms. The lowest BCUT2D eigenvalue weighted by Gasteiger charge is -2.06. The zero-order valence-electron chi connectivity index (χ0n) is 13.6. The van der Waals surface area contributed by atoms with Crippen LogP contribution >= 0.6 is 0 Å². The third kappa shape index (κ3) is 4.51. The number of nitrogens with one attached hydrogen (secondary N) is 2. The Morgan fingerprint density at radius 3 is 2.44 bits per heavy atom. The minimum Gasteiger partial charge on any atom is -0.326 e. The highest BCUT2D eigenvalue weighted by molar-refractivity contribution is 6.03. The molecular formula is C18H17N5O2. The fraction of sp³-hybridized carbons (Fsp3) is 0.111. The van der Waals surface area contributed by atoms with Gasteiger partial charge in [0.1, 0.15) is 0 Å². The zero-order valence-corrected chi connectivity index (χ0v) is 13.6. The van der Waals surface area contributed by atoms with Crippen LogP contribution < -0.4 is 10.6 Å². The summed E-state index contributed by atoms with van der Waals surface area (Å²) in [4.78, 5) is 23.4. The SMILES string of the molecule is CC(=O)Nc1cccc(NC(=O)c2cn(Cc3ccccc3)nn2)c1. The van der Waals surface area contributed by atoms with Crippen LogP contribution in [0.4, 0.5) is 11.4 Å². The van der Waals surface area contributed by atoms with Crippen LogP contribution in [0.2, 0.25) is 0 Å². The fourth-order valence-corrected chi connectivity index (χ4v) is 2.32. The van der Waals surface area contributed by atoms with Crippen molar-refractivity contribution in [2.24, 2.45) is 0 Å². The summed E-state index contributed by atoms with van der Waals surface area (Å²) in [5, 5.41) is 13.3. The Morgan fingerprint density at radius 1 is 1.00 bits per heavy atom. The van der Waals surface area contributed by atoms with Crippen LogP contribution in [0.3, 0.4) is 0 Å². The van der Waals surface area contributed by atoms with Crippen LogP contribution in [-0.2, 0) is 11.3 Å². The van der Waals surface area contributed by atoms with E-state index in [1.54, 1.807) is 35.1 Å². The molecule has 0 radical (unpaired) electrons. The lowest BCUT2D eigenvalue weighted by atomic mass is 10.2. The third-order valence-electron chi connectivity index (χ3n) is 3.40. The number of carbonyl (C=O) groups is 2. The number of carbonyl (C=O) groups excluding carboxylic acids is 2. The largest absolute Gasteiger partial charge is 0.326 e. The number of amides is 2. The van der Waals surface area contributed by atoms with Gasteiger partial charge in [-0.25, -0.2) is 4.68 Å². The van der Waals surface area contributed by atoms with Gasteiger partial charge in [0, 0.05) is 18.3 Å². The van der Waals surface area contributed by atoms with Crippen LogP contribution in [0.5, 0.6) is 0 Å². The predicted octanol–water partition coefficient (Wildman–Crippen LogP) is 2.54. The van der Waals surface area contributed by atoms with Crippen molar-refractivity contribution >= 4 is 23.2 Å². The summed E-state index contributed by atoms with van der Waals surface area (Å²) in [7, 11) is 0. The van der Waals surface area contributed by atoms with Crippen molar-refractivity contribution in [3.8, 4) is 0 Å². The Bertz CT molecular complexity index is 889. The second-order valence-electron chi connectivity index (χ2n) is 5.50. The van der Waals surface area contributed by atoms with Crippen molar-refractivity contribution < 1.29 is 9.59 Å². The summed E-state index contributed by atoms with van der Waals surface area (Å²) in [6.07, 6.45) is 1.60. The molecule has 0 fully saturated rings. The Kier molecular flexibility index (Phi) is 4.84. The normalized spacial score (nSPS) is 10.3. The molecule has 0 aliphatic rings. The van der Waals surface area contributed by atoms with E-state index in [2.05, 4.69) is 20.9 Å². The number of benzene rings is 2. The highest BCUT2D eigenvalue weighted by atomic mass is 16.2. The van der Waals surface area contributed by atoms with E-state index in [0.717, 1.165) is 5.56 Å². The first-order valence-electron chi connectivity index (χ1n) is 7.73. The number of aromatic nitrogens is 3. The molecule has 7 nitrogen and oxygen atoms in total. The number of hydrogen-bond donors (Lipinski definition) is 2. The second kappa shape index (κ2) is 7.39. The van der Waals surface area contributed by atoms with Gasteiger partial charge in [-0.2, -0.15) is 0 Å². The number of hydrogen-bond acceptors (Lipinski definition) is 4. The molecule has 7 heteroatoms. The standard InChI is InChI=1S/C18H17N5O2/c1-13(24)19-15-8-5-9-16(10-15)20-18(25)17-12-23(22-21-17)11-14-6-3-2-4-7-14/h2-10,12H,11H2,1H3,(H,19,24)(H,20,25). The van der Waals surface area contributed by atoms with Crippen LogP contribution in [-0.4, -0.2) is 26.8 Å². The van der Waals surface area contributed by atoms with Crippen LogP contribution in [0, 0.1) is 0 Å². The summed E-state index contributed by atoms with van der Waals surface area (Å²) in [5.74, 6) is -0.536. The van der Waals surface area contributed by atoms with Crippen LogP contribution in [0.25, 0.3) is 0 Å². The highest BCUT2D eigenvalue weighted by Gasteiger charge is 2.11. The van der Waals surface area contributed by atoms with Crippen molar-refractivity contribution in [3.63, 3.8) is 0 Å². The zero-order chi connectivity index (χ0) is 17.6. The Morgan fingerprint density at radius 2 is 1.72 bits per heavy atom. The quantitative estimate of drug-likeness (QED) is 0.750. The Balaban J connectivity index is 1.67. The van der Waals surface area contributed by atoms with Gasteiger partial charge in [0.2, 0.25) is 5.91 Å². The summed E-state index contributed by atoms with van der Waals surface area (Å²) in [6, 6.07) is 16.7. The predicted molar refractivity (Wildman–Crippen MR) is 94.3 cm³/mol. The smallest absolute Gasteiger partial charge is 0.277 e. The molecule has 0 aliphatic carbocycles. The first-order chi connectivity index (χ1) is 12.1. The molecule has 2 N–H and O–H groups in total. The molecule has 0 spiro atoms. The second-order valence-corrected chi connectivity index (χ2v) is 5.50. The maximum atomic E-state index is 12.3. The number of rotatable bonds is 5. The van der Waals surface area contributed by atoms with Gasteiger partial charge >= 0.3 is 0 Å². The highest BCUT2D eigenvalue weighted by Crippen LogP contribution is 2.15. The molecule has 0 aliphatic heterocycles. The van der Waals surface area contributed by atoms with Crippen molar-refractivity contribution in [3.05, 3.63) is 72.1 Å². The molecule has 0 saturated carbocycles. The van der Waals surface area contributed by atoms with Crippen molar-refractivity contribution in [2.45, 2.75) is 13.5 Å². The van der Waals surface area contributed by atoms with Crippen LogP contribution in [0.1, 0.15) is 23.0 Å². The van der Waals surface area contributed by atoms with E-state index in [9.17, 15) is 9.59 Å². The summed E-state index contributed by atoms with van der Waals surface area (Å²) < 4.78 is 1.61. The molecule has 1 heterocycles. The van der Waals surface area contributed by atoms with Gasteiger partial charge in [-0.1, -0.05) is 41.6 Å². The van der Waals surface area contributed by atoms with E-state index < -0.39 is 0 Å². The van der Waals surface area contributed by atoms with Gasteiger partial charge in [-0.05, 0) is 23.8 Å². The molecule has 2 amide bonds. The summed E-state index contributed by atoms with van der Waals surface area (Å²) >= 11 is 0. The van der Waals surface area contributed by atoms with Gasteiger partial charge in [0.15, 0.2) is 5.69 Å². The topological polar surface area (TPSA) is 88.9 Å². The summed E-state index contributed by atoms with van der Waals surface area (Å²) in [5.41, 5.74) is 2.47. The molecular weight excluding hydrogens is 318 g/mol. The van der Waals surface area contributed by atoms with E-state index in [4.69, 9.17) is 0 Å². The monoisotopic (exact) mass is 335 g/mol. The molecule has 0 saturated heterocycles. The molecule has 0 unspecified atom stereocenters. The van der Waals surface area contributed by atoms with Gasteiger partial charge in [0.05, 0.1) is 12.7 Å². The Hall–Kier alpha value is -3.48. The van der Waals surface area contributed by atoms with Gasteiger partial charge in [0.25, 0.3) is 5.91 Å². The summed E-state index contributed by atoms with van der Waals surface area (Å²) in [6.45, 7) is 1.97. The Labute approximate surface area is 144 Å². The maximum Gasteiger partial charge on any atom is 0.277 e. The van der Waals surface area contributed by atoms with Gasteiger partial charge < -0.3 is 10.6 Å². The molecule has 3 aromatic rings. The number of anilines is 2. The third-order valence-corrected chi connectivity index (χ3v) is 3.40. The fourth-order valence-electron chi connectivity index (χ4n) is 2.32. The van der Waals surface area contributed by atoms with Gasteiger partial charge in [-0.3, -0.25) is 9.59 Å². The minimum absolute atomic E-state index is 0.174. The van der Waals surface area contributed by atoms with E-state index in [1.165, 1.54) is 6.92 Å². The van der Waals surface area contributed by atoms with Crippen LogP contribution in [0.15, 0.2) is 60.8 Å². The van der Waals surface area contributed by atoms with Crippen molar-refractivity contribution in [1.82, 2.24) is 15.0 Å². The minimum atomic E-state index is -0.362. The van der Waals surface area contributed by atoms with E-state index in [1.807, 2.05) is 30.3 Å². The van der Waals surface area contributed by atoms with Crippen molar-refractivity contribution in [1.29, 1.82) is 0 Å². The molecule has 126 valence electrons. The lowest BCUT2D eigenvalue weighted by Crippen LogP contribution is -2.13. The average Bonchev–Trinajstić information content (AvgIpc) is 3.04. The molecule has 3 rings (SSSR count).